The predicted molar refractivity (Wildman–Crippen MR) is 172 cm³/mol. The van der Waals surface area contributed by atoms with E-state index in [0.717, 1.165) is 34.2 Å². The van der Waals surface area contributed by atoms with E-state index in [1.807, 2.05) is 63.2 Å². The van der Waals surface area contributed by atoms with Gasteiger partial charge in [-0.1, -0.05) is 80.9 Å². The van der Waals surface area contributed by atoms with Crippen molar-refractivity contribution in [1.82, 2.24) is 9.97 Å². The Labute approximate surface area is 254 Å². The fourth-order valence-corrected chi connectivity index (χ4v) is 5.61. The summed E-state index contributed by atoms with van der Waals surface area (Å²) in [7, 11) is 0. The molecule has 0 unspecified atom stereocenters. The van der Waals surface area contributed by atoms with Crippen LogP contribution in [0.25, 0.3) is 5.57 Å². The van der Waals surface area contributed by atoms with Crippen LogP contribution < -0.4 is 11.5 Å². The highest BCUT2D eigenvalue weighted by Gasteiger charge is 2.40. The second-order valence-electron chi connectivity index (χ2n) is 11.0. The number of aromatic nitrogens is 2. The predicted octanol–water partition coefficient (Wildman–Crippen LogP) is 7.90. The minimum Gasteiger partial charge on any atom is -0.386 e. The van der Waals surface area contributed by atoms with Gasteiger partial charge in [-0.05, 0) is 73.4 Å². The lowest BCUT2D eigenvalue weighted by Crippen LogP contribution is -2.36. The molecule has 0 aliphatic heterocycles. The average Bonchev–Trinajstić information content (AvgIpc) is 2.95. The first-order valence-electron chi connectivity index (χ1n) is 14.4. The zero-order valence-corrected chi connectivity index (χ0v) is 26.2. The van der Waals surface area contributed by atoms with Gasteiger partial charge in [0.05, 0.1) is 5.41 Å². The lowest BCUT2D eigenvalue weighted by Gasteiger charge is -2.32. The molecule has 5 N–H and O–H groups in total. The quantitative estimate of drug-likeness (QED) is 0.0805. The highest BCUT2D eigenvalue weighted by atomic mass is 35.5. The number of hydrogen-bond donors (Lipinski definition) is 3. The lowest BCUT2D eigenvalue weighted by molar-refractivity contribution is -0.122. The number of aryl methyl sites for hydroxylation is 2. The molecule has 1 atom stereocenters. The number of amidine groups is 1. The summed E-state index contributed by atoms with van der Waals surface area (Å²) >= 11 is 6.35. The van der Waals surface area contributed by atoms with Crippen LogP contribution in [0.5, 0.6) is 0 Å². The maximum atomic E-state index is 13.8. The van der Waals surface area contributed by atoms with Crippen molar-refractivity contribution in [2.45, 2.75) is 85.0 Å². The molecular formula is C33H42ClN7O. The number of allylic oxidation sites excluding steroid dienone is 1. The molecule has 0 aliphatic carbocycles. The molecule has 1 heterocycles. The Hall–Kier alpha value is -3.91. The van der Waals surface area contributed by atoms with Crippen LogP contribution in [-0.2, 0) is 16.6 Å². The number of Topliss-reactive ketones (excluding diaryl/α,β-unsaturated/α-hetero) is 1. The Bertz CT molecular complexity index is 1470. The van der Waals surface area contributed by atoms with Crippen LogP contribution in [0.1, 0.15) is 106 Å². The van der Waals surface area contributed by atoms with Gasteiger partial charge in [0.25, 0.3) is 0 Å². The summed E-state index contributed by atoms with van der Waals surface area (Å²) in [6, 6.07) is 13.8. The summed E-state index contributed by atoms with van der Waals surface area (Å²) in [6.45, 7) is 12.2. The Morgan fingerprint density at radius 2 is 1.81 bits per heavy atom. The van der Waals surface area contributed by atoms with Crippen molar-refractivity contribution in [2.75, 3.05) is 5.73 Å². The van der Waals surface area contributed by atoms with Crippen LogP contribution in [0.15, 0.2) is 58.9 Å². The standard InChI is InChI=1S/C33H42ClN7O/c1-7-9-26(25-17-16-24(34)19-27(25)20(3)4)32-38-21(5)30(31(36)39-32)33(6,28(42)10-8-2)23-14-11-22(12-15-23)13-18-29(35)40-41-37/h9,11-12,14-17,19-20H,7-8,10,13,18H2,1-6H3,(H3,35,37,40)(H2,36,38,39)/t33-/m1/s1. The normalized spacial score (nSPS) is 13.7. The SMILES string of the molecule is CCC=C(c1nc(C)c([C@@](C)(C(=O)CCC)c2ccc(CCC(N)=NN=N)cc2)c(N)n1)c1ccc(Cl)cc1C(C)C. The molecule has 3 aromatic rings. The van der Waals surface area contributed by atoms with Gasteiger partial charge in [-0.2, -0.15) is 5.53 Å². The van der Waals surface area contributed by atoms with E-state index < -0.39 is 5.41 Å². The smallest absolute Gasteiger partial charge is 0.162 e. The summed E-state index contributed by atoms with van der Waals surface area (Å²) in [5.74, 6) is 1.42. The van der Waals surface area contributed by atoms with Crippen LogP contribution >= 0.6 is 11.6 Å². The number of ketones is 1. The molecule has 42 heavy (non-hydrogen) atoms. The number of carbonyl (C=O) groups excluding carboxylic acids is 1. The minimum absolute atomic E-state index is 0.0569. The van der Waals surface area contributed by atoms with Gasteiger partial charge < -0.3 is 11.5 Å². The van der Waals surface area contributed by atoms with Crippen molar-refractivity contribution in [3.8, 4) is 0 Å². The first-order chi connectivity index (χ1) is 20.0. The monoisotopic (exact) mass is 587 g/mol. The topological polar surface area (TPSA) is 143 Å². The van der Waals surface area contributed by atoms with Gasteiger partial charge in [0, 0.05) is 34.7 Å². The van der Waals surface area contributed by atoms with Crippen LogP contribution in [-0.4, -0.2) is 21.6 Å². The Morgan fingerprint density at radius 3 is 2.38 bits per heavy atom. The zero-order chi connectivity index (χ0) is 31.0. The van der Waals surface area contributed by atoms with Gasteiger partial charge in [-0.15, -0.1) is 5.10 Å². The highest BCUT2D eigenvalue weighted by Crippen LogP contribution is 2.40. The van der Waals surface area contributed by atoms with Crippen molar-refractivity contribution in [3.05, 3.63) is 92.9 Å². The van der Waals surface area contributed by atoms with Crippen LogP contribution in [0, 0.1) is 12.5 Å². The molecule has 2 aromatic carbocycles. The maximum absolute atomic E-state index is 13.8. The zero-order valence-electron chi connectivity index (χ0n) is 25.5. The van der Waals surface area contributed by atoms with Crippen LogP contribution in [0.3, 0.4) is 0 Å². The number of rotatable bonds is 13. The summed E-state index contributed by atoms with van der Waals surface area (Å²) in [6.07, 6.45) is 5.12. The molecule has 0 amide bonds. The Kier molecular flexibility index (Phi) is 11.1. The number of nitrogens with two attached hydrogens (primary N) is 2. The number of nitrogens with one attached hydrogen (secondary N) is 1. The van der Waals surface area contributed by atoms with E-state index in [9.17, 15) is 4.79 Å². The van der Waals surface area contributed by atoms with E-state index in [1.165, 1.54) is 0 Å². The van der Waals surface area contributed by atoms with Gasteiger partial charge >= 0.3 is 0 Å². The molecule has 0 bridgehead atoms. The Balaban J connectivity index is 2.14. The van der Waals surface area contributed by atoms with Crippen molar-refractivity contribution in [2.24, 2.45) is 16.1 Å². The van der Waals surface area contributed by atoms with Crippen molar-refractivity contribution < 1.29 is 4.79 Å². The number of benzene rings is 2. The van der Waals surface area contributed by atoms with Gasteiger partial charge in [0.2, 0.25) is 0 Å². The lowest BCUT2D eigenvalue weighted by atomic mass is 9.71. The summed E-state index contributed by atoms with van der Waals surface area (Å²) < 4.78 is 0. The first-order valence-corrected chi connectivity index (χ1v) is 14.8. The van der Waals surface area contributed by atoms with Crippen molar-refractivity contribution in [1.29, 1.82) is 5.53 Å². The number of nitrogen functional groups attached to an aromatic ring is 1. The molecule has 3 rings (SSSR count). The van der Waals surface area contributed by atoms with Gasteiger partial charge in [0.15, 0.2) is 5.82 Å². The molecule has 8 nitrogen and oxygen atoms in total. The third-order valence-electron chi connectivity index (χ3n) is 7.61. The molecule has 0 radical (unpaired) electrons. The number of nitrogens with zero attached hydrogens (tertiary/aromatic N) is 4. The third-order valence-corrected chi connectivity index (χ3v) is 7.84. The fraction of sp³-hybridized carbons (Fsp3) is 0.394. The summed E-state index contributed by atoms with van der Waals surface area (Å²) in [5.41, 5.74) is 24.5. The van der Waals surface area contributed by atoms with E-state index in [1.54, 1.807) is 0 Å². The molecule has 0 fully saturated rings. The highest BCUT2D eigenvalue weighted by molar-refractivity contribution is 6.30. The summed E-state index contributed by atoms with van der Waals surface area (Å²) in [4.78, 5) is 23.6. The number of anilines is 1. The molecule has 0 saturated heterocycles. The van der Waals surface area contributed by atoms with Crippen LogP contribution in [0.4, 0.5) is 5.82 Å². The maximum Gasteiger partial charge on any atom is 0.162 e. The number of halogens is 1. The first kappa shape index (κ1) is 32.6. The molecular weight excluding hydrogens is 546 g/mol. The van der Waals surface area contributed by atoms with E-state index in [2.05, 4.69) is 37.2 Å². The molecule has 9 heteroatoms. The van der Waals surface area contributed by atoms with Gasteiger partial charge in [-0.3, -0.25) is 4.79 Å². The number of hydrogen-bond acceptors (Lipinski definition) is 6. The molecule has 0 saturated carbocycles. The average molecular weight is 588 g/mol. The van der Waals surface area contributed by atoms with Gasteiger partial charge in [0.1, 0.15) is 17.4 Å². The second kappa shape index (κ2) is 14.3. The van der Waals surface area contributed by atoms with E-state index in [0.29, 0.717) is 59.4 Å². The minimum atomic E-state index is -1.04. The van der Waals surface area contributed by atoms with Crippen molar-refractivity contribution in [3.63, 3.8) is 0 Å². The molecule has 1 aromatic heterocycles. The fourth-order valence-electron chi connectivity index (χ4n) is 5.43. The number of carbonyl (C=O) groups is 1. The van der Waals surface area contributed by atoms with Crippen molar-refractivity contribution >= 4 is 34.6 Å². The molecule has 222 valence electrons. The largest absolute Gasteiger partial charge is 0.386 e. The van der Waals surface area contributed by atoms with E-state index in [4.69, 9.17) is 38.6 Å². The van der Waals surface area contributed by atoms with E-state index in [-0.39, 0.29) is 11.7 Å². The molecule has 0 aliphatic rings. The third kappa shape index (κ3) is 7.10. The second-order valence-corrected chi connectivity index (χ2v) is 11.4. The van der Waals surface area contributed by atoms with E-state index >= 15 is 0 Å². The van der Waals surface area contributed by atoms with Crippen LogP contribution in [0.2, 0.25) is 5.02 Å². The molecule has 0 spiro atoms. The van der Waals surface area contributed by atoms with Gasteiger partial charge in [-0.25, -0.2) is 9.97 Å². The summed E-state index contributed by atoms with van der Waals surface area (Å²) in [5, 5.41) is 7.24. The Morgan fingerprint density at radius 1 is 1.12 bits per heavy atom.